The average Bonchev–Trinajstić information content (AvgIpc) is 2.86. The summed E-state index contributed by atoms with van der Waals surface area (Å²) in [7, 11) is -1.10. The highest BCUT2D eigenvalue weighted by molar-refractivity contribution is 7.89. The first-order chi connectivity index (χ1) is 15.9. The summed E-state index contributed by atoms with van der Waals surface area (Å²) in [6.45, 7) is 0.474. The number of ether oxygens (including phenoxy) is 3. The van der Waals surface area contributed by atoms with Crippen LogP contribution in [0, 0.1) is 0 Å². The molecule has 1 aromatic carbocycles. The van der Waals surface area contributed by atoms with Crippen LogP contribution in [0.3, 0.4) is 0 Å². The fraction of sp³-hybridized carbons (Fsp3) is 0.381. The molecule has 1 aliphatic rings. The van der Waals surface area contributed by atoms with E-state index in [9.17, 15) is 18.0 Å². The zero-order valence-electron chi connectivity index (χ0n) is 18.3. The van der Waals surface area contributed by atoms with Gasteiger partial charge in [-0.2, -0.15) is 4.31 Å². The normalized spacial score (nSPS) is 16.6. The van der Waals surface area contributed by atoms with Gasteiger partial charge in [0.15, 0.2) is 11.5 Å². The molecule has 0 bridgehead atoms. The first-order valence-corrected chi connectivity index (χ1v) is 11.6. The third-order valence-electron chi connectivity index (χ3n) is 4.94. The van der Waals surface area contributed by atoms with Gasteiger partial charge in [0, 0.05) is 31.5 Å². The minimum atomic E-state index is -3.97. The van der Waals surface area contributed by atoms with Crippen LogP contribution >= 0.6 is 0 Å². The number of hydrogen-bond donors (Lipinski definition) is 2. The number of carbonyl (C=O) groups is 2. The van der Waals surface area contributed by atoms with E-state index < -0.39 is 28.1 Å². The number of nitrogens with one attached hydrogen (secondary N) is 2. The molecule has 1 aromatic heterocycles. The summed E-state index contributed by atoms with van der Waals surface area (Å²) in [6, 6.07) is 7.75. The number of benzene rings is 1. The molecule has 178 valence electrons. The van der Waals surface area contributed by atoms with E-state index in [2.05, 4.69) is 15.6 Å². The van der Waals surface area contributed by atoms with Crippen LogP contribution in [0.5, 0.6) is 11.5 Å². The lowest BCUT2D eigenvalue weighted by Crippen LogP contribution is -2.53. The lowest BCUT2D eigenvalue weighted by Gasteiger charge is -2.34. The maximum atomic E-state index is 13.3. The van der Waals surface area contributed by atoms with E-state index in [-0.39, 0.29) is 30.3 Å². The van der Waals surface area contributed by atoms with Crippen LogP contribution in [-0.2, 0) is 30.9 Å². The van der Waals surface area contributed by atoms with Crippen LogP contribution in [0.4, 0.5) is 0 Å². The van der Waals surface area contributed by atoms with Gasteiger partial charge in [0.05, 0.1) is 32.3 Å². The van der Waals surface area contributed by atoms with Crippen molar-refractivity contribution in [2.75, 3.05) is 33.9 Å². The van der Waals surface area contributed by atoms with Gasteiger partial charge >= 0.3 is 11.8 Å². The Hall–Kier alpha value is -3.22. The Morgan fingerprint density at radius 2 is 1.91 bits per heavy atom. The predicted octanol–water partition coefficient (Wildman–Crippen LogP) is 0.269. The number of nitrogens with zero attached hydrogens (tertiary/aromatic N) is 2. The number of pyridine rings is 1. The van der Waals surface area contributed by atoms with Gasteiger partial charge in [-0.15, -0.1) is 0 Å². The standard InChI is InChI=1S/C21H26N4O7S/c1-30-17-7-6-16(11-18(17)31-2)33(28,29)25-9-4-10-32-19(25)14-24-21(27)20(26)23-13-15-5-3-8-22-12-15/h3,5-8,11-12,19H,4,9-10,13-14H2,1-2H3,(H,23,26)(H,24,27)/t19-/m0/s1. The number of sulfonamides is 1. The minimum Gasteiger partial charge on any atom is -0.493 e. The van der Waals surface area contributed by atoms with Crippen molar-refractivity contribution in [1.82, 2.24) is 19.9 Å². The number of aromatic nitrogens is 1. The van der Waals surface area contributed by atoms with Crippen molar-refractivity contribution in [2.24, 2.45) is 0 Å². The Balaban J connectivity index is 1.65. The van der Waals surface area contributed by atoms with E-state index in [0.29, 0.717) is 18.8 Å². The number of methoxy groups -OCH3 is 2. The Bertz CT molecular complexity index is 1080. The second-order valence-electron chi connectivity index (χ2n) is 7.07. The van der Waals surface area contributed by atoms with Crippen LogP contribution in [0.25, 0.3) is 0 Å². The molecule has 2 heterocycles. The third-order valence-corrected chi connectivity index (χ3v) is 6.82. The summed E-state index contributed by atoms with van der Waals surface area (Å²) >= 11 is 0. The molecule has 0 radical (unpaired) electrons. The van der Waals surface area contributed by atoms with E-state index in [1.807, 2.05) is 0 Å². The van der Waals surface area contributed by atoms with Gasteiger partial charge < -0.3 is 24.8 Å². The van der Waals surface area contributed by atoms with E-state index in [0.717, 1.165) is 9.87 Å². The highest BCUT2D eigenvalue weighted by atomic mass is 32.2. The minimum absolute atomic E-state index is 0.00353. The molecular weight excluding hydrogens is 452 g/mol. The topological polar surface area (TPSA) is 136 Å². The summed E-state index contributed by atoms with van der Waals surface area (Å²) in [5.41, 5.74) is 0.737. The van der Waals surface area contributed by atoms with Crippen LogP contribution in [0.2, 0.25) is 0 Å². The van der Waals surface area contributed by atoms with Crippen molar-refractivity contribution < 1.29 is 32.2 Å². The highest BCUT2D eigenvalue weighted by Crippen LogP contribution is 2.31. The molecule has 2 amide bonds. The van der Waals surface area contributed by atoms with Crippen LogP contribution < -0.4 is 20.1 Å². The predicted molar refractivity (Wildman–Crippen MR) is 117 cm³/mol. The molecule has 2 aromatic rings. The summed E-state index contributed by atoms with van der Waals surface area (Å²) < 4.78 is 43.6. The maximum absolute atomic E-state index is 13.3. The smallest absolute Gasteiger partial charge is 0.309 e. The number of rotatable bonds is 8. The molecule has 1 atom stereocenters. The van der Waals surface area contributed by atoms with E-state index in [1.165, 1.54) is 32.4 Å². The molecule has 12 heteroatoms. The van der Waals surface area contributed by atoms with Crippen molar-refractivity contribution in [3.63, 3.8) is 0 Å². The zero-order valence-corrected chi connectivity index (χ0v) is 19.1. The molecule has 0 spiro atoms. The summed E-state index contributed by atoms with van der Waals surface area (Å²) in [5.74, 6) is -1.07. The molecular formula is C21H26N4O7S. The molecule has 1 saturated heterocycles. The molecule has 1 fully saturated rings. The molecule has 3 rings (SSSR count). The number of carbonyl (C=O) groups excluding carboxylic acids is 2. The molecule has 0 aliphatic carbocycles. The maximum Gasteiger partial charge on any atom is 0.309 e. The molecule has 0 saturated carbocycles. The lowest BCUT2D eigenvalue weighted by molar-refractivity contribution is -0.140. The van der Waals surface area contributed by atoms with E-state index in [4.69, 9.17) is 14.2 Å². The van der Waals surface area contributed by atoms with Crippen molar-refractivity contribution >= 4 is 21.8 Å². The monoisotopic (exact) mass is 478 g/mol. The Morgan fingerprint density at radius 1 is 1.15 bits per heavy atom. The van der Waals surface area contributed by atoms with Crippen LogP contribution in [0.1, 0.15) is 12.0 Å². The zero-order chi connectivity index (χ0) is 23.8. The van der Waals surface area contributed by atoms with Crippen molar-refractivity contribution in [3.05, 3.63) is 48.3 Å². The van der Waals surface area contributed by atoms with Crippen molar-refractivity contribution in [2.45, 2.75) is 24.1 Å². The third kappa shape index (κ3) is 5.97. The van der Waals surface area contributed by atoms with Crippen molar-refractivity contribution in [1.29, 1.82) is 0 Å². The fourth-order valence-electron chi connectivity index (χ4n) is 3.24. The van der Waals surface area contributed by atoms with Gasteiger partial charge in [0.25, 0.3) is 0 Å². The van der Waals surface area contributed by atoms with Gasteiger partial charge in [-0.25, -0.2) is 8.42 Å². The van der Waals surface area contributed by atoms with Crippen molar-refractivity contribution in [3.8, 4) is 11.5 Å². The van der Waals surface area contributed by atoms with Crippen LogP contribution in [0.15, 0.2) is 47.6 Å². The quantitative estimate of drug-likeness (QED) is 0.516. The second-order valence-corrected chi connectivity index (χ2v) is 8.96. The lowest BCUT2D eigenvalue weighted by atomic mass is 10.3. The van der Waals surface area contributed by atoms with E-state index in [1.54, 1.807) is 24.5 Å². The highest BCUT2D eigenvalue weighted by Gasteiger charge is 2.35. The van der Waals surface area contributed by atoms with Gasteiger partial charge in [0.2, 0.25) is 10.0 Å². The number of amides is 2. The fourth-order valence-corrected chi connectivity index (χ4v) is 4.82. The Kier molecular flexibility index (Phi) is 8.20. The summed E-state index contributed by atoms with van der Waals surface area (Å²) in [6.07, 6.45) is 2.70. The van der Waals surface area contributed by atoms with Gasteiger partial charge in [-0.1, -0.05) is 6.07 Å². The molecule has 0 unspecified atom stereocenters. The summed E-state index contributed by atoms with van der Waals surface area (Å²) in [4.78, 5) is 28.2. The van der Waals surface area contributed by atoms with Gasteiger partial charge in [-0.05, 0) is 30.2 Å². The SMILES string of the molecule is COc1ccc(S(=O)(=O)N2CCCO[C@H]2CNC(=O)C(=O)NCc2cccnc2)cc1OC. The number of hydrogen-bond acceptors (Lipinski definition) is 8. The van der Waals surface area contributed by atoms with Gasteiger partial charge in [-0.3, -0.25) is 14.6 Å². The second kappa shape index (κ2) is 11.1. The Labute approximate surface area is 192 Å². The first-order valence-electron chi connectivity index (χ1n) is 10.2. The molecule has 2 N–H and O–H groups in total. The summed E-state index contributed by atoms with van der Waals surface area (Å²) in [5, 5.41) is 4.93. The molecule has 11 nitrogen and oxygen atoms in total. The van der Waals surface area contributed by atoms with Gasteiger partial charge in [0.1, 0.15) is 6.23 Å². The largest absolute Gasteiger partial charge is 0.493 e. The molecule has 1 aliphatic heterocycles. The average molecular weight is 479 g/mol. The van der Waals surface area contributed by atoms with E-state index >= 15 is 0 Å². The Morgan fingerprint density at radius 3 is 2.61 bits per heavy atom. The first kappa shape index (κ1) is 24.4. The van der Waals surface area contributed by atoms with Crippen LogP contribution in [-0.4, -0.2) is 69.7 Å². The molecule has 33 heavy (non-hydrogen) atoms.